The van der Waals surface area contributed by atoms with Crippen LogP contribution in [0, 0.1) is 6.92 Å². The molecule has 1 N–H and O–H groups in total. The van der Waals surface area contributed by atoms with Gasteiger partial charge in [0.25, 0.3) is 0 Å². The molecule has 0 fully saturated rings. The molecule has 0 unspecified atom stereocenters. The highest BCUT2D eigenvalue weighted by atomic mass is 79.9. The topological polar surface area (TPSA) is 39.7 Å². The second-order valence-electron chi connectivity index (χ2n) is 7.91. The first kappa shape index (κ1) is 23.7. The lowest BCUT2D eigenvalue weighted by atomic mass is 10.1. The number of nitrogens with one attached hydrogen (secondary N) is 1. The first-order chi connectivity index (χ1) is 16.6. The summed E-state index contributed by atoms with van der Waals surface area (Å²) in [7, 11) is 0. The van der Waals surface area contributed by atoms with E-state index in [9.17, 15) is 0 Å². The van der Waals surface area contributed by atoms with Crippen LogP contribution in [0.2, 0.25) is 0 Å². The number of para-hydroxylation sites is 1. The molecular formula is C29H28BrNO3. The molecular weight excluding hydrogens is 490 g/mol. The number of ether oxygens (including phenoxy) is 3. The van der Waals surface area contributed by atoms with Crippen molar-refractivity contribution >= 4 is 21.6 Å². The van der Waals surface area contributed by atoms with Crippen LogP contribution in [0.3, 0.4) is 0 Å². The Morgan fingerprint density at radius 2 is 1.47 bits per heavy atom. The summed E-state index contributed by atoms with van der Waals surface area (Å²) in [5.41, 5.74) is 4.44. The van der Waals surface area contributed by atoms with E-state index >= 15 is 0 Å². The molecule has 5 heteroatoms. The first-order valence-electron chi connectivity index (χ1n) is 11.3. The summed E-state index contributed by atoms with van der Waals surface area (Å²) in [6.45, 7) is 5.74. The molecule has 0 spiro atoms. The summed E-state index contributed by atoms with van der Waals surface area (Å²) in [6.07, 6.45) is 0. The van der Waals surface area contributed by atoms with E-state index in [-0.39, 0.29) is 0 Å². The molecule has 4 aromatic rings. The molecule has 0 saturated heterocycles. The van der Waals surface area contributed by atoms with E-state index in [0.29, 0.717) is 25.5 Å². The van der Waals surface area contributed by atoms with Gasteiger partial charge >= 0.3 is 0 Å². The van der Waals surface area contributed by atoms with E-state index in [2.05, 4.69) is 58.5 Å². The number of halogens is 1. The molecule has 0 atom stereocenters. The minimum atomic E-state index is 0.480. The fourth-order valence-corrected chi connectivity index (χ4v) is 4.04. The van der Waals surface area contributed by atoms with Gasteiger partial charge in [-0.25, -0.2) is 0 Å². The van der Waals surface area contributed by atoms with E-state index in [4.69, 9.17) is 14.2 Å². The van der Waals surface area contributed by atoms with E-state index in [1.165, 1.54) is 5.56 Å². The van der Waals surface area contributed by atoms with Crippen LogP contribution >= 0.6 is 15.9 Å². The number of aryl methyl sites for hydroxylation is 1. The second kappa shape index (κ2) is 11.6. The molecule has 0 aromatic heterocycles. The van der Waals surface area contributed by atoms with Gasteiger partial charge in [-0.1, -0.05) is 48.0 Å². The summed E-state index contributed by atoms with van der Waals surface area (Å²) in [5, 5.41) is 3.46. The summed E-state index contributed by atoms with van der Waals surface area (Å²) in [6, 6.07) is 30.1. The van der Waals surface area contributed by atoms with Gasteiger partial charge in [0.1, 0.15) is 18.1 Å². The van der Waals surface area contributed by atoms with Crippen LogP contribution in [0.4, 0.5) is 5.69 Å². The third-order valence-electron chi connectivity index (χ3n) is 5.20. The monoisotopic (exact) mass is 517 g/mol. The van der Waals surface area contributed by atoms with Crippen molar-refractivity contribution in [2.45, 2.75) is 27.0 Å². The Hall–Kier alpha value is -3.44. The Kier molecular flexibility index (Phi) is 8.10. The smallest absolute Gasteiger partial charge is 0.175 e. The lowest BCUT2D eigenvalue weighted by molar-refractivity contribution is 0.267. The van der Waals surface area contributed by atoms with Crippen LogP contribution in [-0.2, 0) is 13.2 Å². The Balaban J connectivity index is 1.40. The molecule has 0 heterocycles. The second-order valence-corrected chi connectivity index (χ2v) is 8.76. The number of hydrogen-bond acceptors (Lipinski definition) is 4. The van der Waals surface area contributed by atoms with Gasteiger partial charge in [0, 0.05) is 12.2 Å². The zero-order chi connectivity index (χ0) is 23.8. The molecule has 0 aliphatic rings. The Morgan fingerprint density at radius 1 is 0.765 bits per heavy atom. The van der Waals surface area contributed by atoms with Crippen LogP contribution in [0.15, 0.2) is 95.5 Å². The molecule has 0 aliphatic heterocycles. The van der Waals surface area contributed by atoms with Crippen LogP contribution in [-0.4, -0.2) is 6.61 Å². The van der Waals surface area contributed by atoms with Gasteiger partial charge in [-0.15, -0.1) is 0 Å². The van der Waals surface area contributed by atoms with Crippen molar-refractivity contribution in [1.29, 1.82) is 0 Å². The molecule has 34 heavy (non-hydrogen) atoms. The molecule has 0 aliphatic carbocycles. The molecule has 4 nitrogen and oxygen atoms in total. The van der Waals surface area contributed by atoms with Gasteiger partial charge < -0.3 is 19.5 Å². The van der Waals surface area contributed by atoms with Crippen LogP contribution in [0.1, 0.15) is 23.6 Å². The standard InChI is InChI=1S/C29H28BrNO3/c1-3-32-28-18-23(17-27(30)29(28)33-20-22-11-9-21(2)10-12-22)19-31-24-13-15-26(16-14-24)34-25-7-5-4-6-8-25/h4-18,31H,3,19-20H2,1-2H3. The maximum atomic E-state index is 6.12. The highest BCUT2D eigenvalue weighted by Gasteiger charge is 2.13. The van der Waals surface area contributed by atoms with Gasteiger partial charge in [0.2, 0.25) is 0 Å². The Labute approximate surface area is 209 Å². The van der Waals surface area contributed by atoms with Gasteiger partial charge in [-0.05, 0) is 89.4 Å². The molecule has 0 radical (unpaired) electrons. The number of rotatable bonds is 10. The predicted octanol–water partition coefficient (Wildman–Crippen LogP) is 8.14. The van der Waals surface area contributed by atoms with Crippen LogP contribution in [0.5, 0.6) is 23.0 Å². The van der Waals surface area contributed by atoms with E-state index in [0.717, 1.165) is 38.5 Å². The Morgan fingerprint density at radius 3 is 2.18 bits per heavy atom. The summed E-state index contributed by atoms with van der Waals surface area (Å²) >= 11 is 3.67. The highest BCUT2D eigenvalue weighted by molar-refractivity contribution is 9.10. The van der Waals surface area contributed by atoms with Crippen molar-refractivity contribution in [2.75, 3.05) is 11.9 Å². The maximum absolute atomic E-state index is 6.12. The van der Waals surface area contributed by atoms with Gasteiger partial charge in [-0.2, -0.15) is 0 Å². The first-order valence-corrected chi connectivity index (χ1v) is 12.1. The normalized spacial score (nSPS) is 10.6. The average molecular weight is 518 g/mol. The average Bonchev–Trinajstić information content (AvgIpc) is 2.85. The molecule has 0 amide bonds. The molecule has 4 aromatic carbocycles. The van der Waals surface area contributed by atoms with E-state index in [1.54, 1.807) is 0 Å². The Bertz CT molecular complexity index is 1190. The number of benzene rings is 4. The summed E-state index contributed by atoms with van der Waals surface area (Å²) < 4.78 is 18.7. The lowest BCUT2D eigenvalue weighted by Crippen LogP contribution is -2.04. The molecule has 0 bridgehead atoms. The largest absolute Gasteiger partial charge is 0.490 e. The van der Waals surface area contributed by atoms with Crippen molar-refractivity contribution in [3.05, 3.63) is 112 Å². The van der Waals surface area contributed by atoms with Crippen molar-refractivity contribution in [2.24, 2.45) is 0 Å². The lowest BCUT2D eigenvalue weighted by Gasteiger charge is -2.16. The maximum Gasteiger partial charge on any atom is 0.175 e. The predicted molar refractivity (Wildman–Crippen MR) is 141 cm³/mol. The highest BCUT2D eigenvalue weighted by Crippen LogP contribution is 2.38. The zero-order valence-electron chi connectivity index (χ0n) is 19.4. The number of hydrogen-bond donors (Lipinski definition) is 1. The van der Waals surface area contributed by atoms with Crippen molar-refractivity contribution in [3.8, 4) is 23.0 Å². The SMILES string of the molecule is CCOc1cc(CNc2ccc(Oc3ccccc3)cc2)cc(Br)c1OCc1ccc(C)cc1. The zero-order valence-corrected chi connectivity index (χ0v) is 21.0. The van der Waals surface area contributed by atoms with Crippen molar-refractivity contribution < 1.29 is 14.2 Å². The minimum absolute atomic E-state index is 0.480. The summed E-state index contributed by atoms with van der Waals surface area (Å²) in [5.74, 6) is 3.07. The fourth-order valence-electron chi connectivity index (χ4n) is 3.44. The summed E-state index contributed by atoms with van der Waals surface area (Å²) in [4.78, 5) is 0. The third kappa shape index (κ3) is 6.55. The van der Waals surface area contributed by atoms with Crippen molar-refractivity contribution in [3.63, 3.8) is 0 Å². The molecule has 4 rings (SSSR count). The van der Waals surface area contributed by atoms with Crippen LogP contribution in [0.25, 0.3) is 0 Å². The number of anilines is 1. The van der Waals surface area contributed by atoms with E-state index in [1.807, 2.05) is 67.6 Å². The molecule has 0 saturated carbocycles. The van der Waals surface area contributed by atoms with Gasteiger partial charge in [0.05, 0.1) is 11.1 Å². The quantitative estimate of drug-likeness (QED) is 0.230. The molecule has 174 valence electrons. The third-order valence-corrected chi connectivity index (χ3v) is 5.79. The van der Waals surface area contributed by atoms with Gasteiger partial charge in [0.15, 0.2) is 11.5 Å². The fraction of sp³-hybridized carbons (Fsp3) is 0.172. The van der Waals surface area contributed by atoms with Crippen LogP contribution < -0.4 is 19.5 Å². The van der Waals surface area contributed by atoms with Crippen molar-refractivity contribution in [1.82, 2.24) is 0 Å². The minimum Gasteiger partial charge on any atom is -0.490 e. The van der Waals surface area contributed by atoms with E-state index < -0.39 is 0 Å². The van der Waals surface area contributed by atoms with Gasteiger partial charge in [-0.3, -0.25) is 0 Å².